The summed E-state index contributed by atoms with van der Waals surface area (Å²) in [5, 5.41) is 2.79. The lowest BCUT2D eigenvalue weighted by Gasteiger charge is -2.11. The van der Waals surface area contributed by atoms with E-state index in [1.54, 1.807) is 50.2 Å². The van der Waals surface area contributed by atoms with Crippen molar-refractivity contribution < 1.29 is 9.59 Å². The van der Waals surface area contributed by atoms with Crippen LogP contribution in [0.3, 0.4) is 0 Å². The largest absolute Gasteiger partial charge is 0.350 e. The molecule has 1 amide bonds. The van der Waals surface area contributed by atoms with E-state index in [-0.39, 0.29) is 23.8 Å². The number of ketones is 1. The fourth-order valence-electron chi connectivity index (χ4n) is 2.96. The van der Waals surface area contributed by atoms with Crippen LogP contribution in [0.5, 0.6) is 0 Å². The highest BCUT2D eigenvalue weighted by Crippen LogP contribution is 2.15. The van der Waals surface area contributed by atoms with Crippen molar-refractivity contribution in [3.05, 3.63) is 98.7 Å². The molecule has 148 valence electrons. The maximum absolute atomic E-state index is 12.9. The lowest BCUT2D eigenvalue weighted by Crippen LogP contribution is -2.32. The lowest BCUT2D eigenvalue weighted by molar-refractivity contribution is 0.0940. The molecule has 0 spiro atoms. The van der Waals surface area contributed by atoms with Crippen molar-refractivity contribution in [1.82, 2.24) is 14.9 Å². The number of nitrogens with zero attached hydrogens (tertiary/aromatic N) is 2. The fraction of sp³-hybridized carbons (Fsp3) is 0.217. The first-order valence-corrected chi connectivity index (χ1v) is 9.39. The van der Waals surface area contributed by atoms with Gasteiger partial charge in [0, 0.05) is 35.5 Å². The number of rotatable bonds is 6. The second kappa shape index (κ2) is 8.65. The molecule has 1 aromatic heterocycles. The summed E-state index contributed by atoms with van der Waals surface area (Å²) in [7, 11) is 0. The van der Waals surface area contributed by atoms with Crippen LogP contribution in [0.15, 0.2) is 59.7 Å². The maximum Gasteiger partial charge on any atom is 0.256 e. The lowest BCUT2D eigenvalue weighted by atomic mass is 9.97. The second-order valence-electron chi connectivity index (χ2n) is 6.95. The molecule has 3 rings (SSSR count). The number of hydrogen-bond acceptors (Lipinski definition) is 4. The van der Waals surface area contributed by atoms with Crippen LogP contribution < -0.4 is 10.9 Å². The number of carbonyl (C=O) groups is 2. The molecule has 29 heavy (non-hydrogen) atoms. The highest BCUT2D eigenvalue weighted by atomic mass is 16.2. The average molecular weight is 389 g/mol. The number of carbonyl (C=O) groups excluding carboxylic acids is 2. The topological polar surface area (TPSA) is 81.1 Å². The first-order valence-electron chi connectivity index (χ1n) is 9.39. The molecule has 0 unspecified atom stereocenters. The molecular formula is C23H23N3O3. The summed E-state index contributed by atoms with van der Waals surface area (Å²) in [4.78, 5) is 41.9. The summed E-state index contributed by atoms with van der Waals surface area (Å²) in [5.74, 6) is -0.559. The van der Waals surface area contributed by atoms with Gasteiger partial charge in [-0.05, 0) is 26.8 Å². The van der Waals surface area contributed by atoms with Gasteiger partial charge in [-0.15, -0.1) is 0 Å². The minimum absolute atomic E-state index is 0.123. The number of benzene rings is 2. The maximum atomic E-state index is 12.9. The van der Waals surface area contributed by atoms with Gasteiger partial charge in [0.2, 0.25) is 0 Å². The summed E-state index contributed by atoms with van der Waals surface area (Å²) in [6.45, 7) is 6.01. The third kappa shape index (κ3) is 4.48. The quantitative estimate of drug-likeness (QED) is 0.658. The minimum Gasteiger partial charge on any atom is -0.350 e. The molecule has 0 atom stereocenters. The van der Waals surface area contributed by atoms with Crippen LogP contribution in [0.4, 0.5) is 0 Å². The summed E-state index contributed by atoms with van der Waals surface area (Å²) >= 11 is 0. The van der Waals surface area contributed by atoms with Gasteiger partial charge in [-0.2, -0.15) is 0 Å². The van der Waals surface area contributed by atoms with Crippen LogP contribution >= 0.6 is 0 Å². The molecule has 2 aromatic carbocycles. The summed E-state index contributed by atoms with van der Waals surface area (Å²) in [6.07, 6.45) is 1.48. The van der Waals surface area contributed by atoms with Crippen LogP contribution in [0, 0.1) is 20.8 Å². The van der Waals surface area contributed by atoms with E-state index in [9.17, 15) is 14.4 Å². The monoisotopic (exact) mass is 389 g/mol. The Bertz CT molecular complexity index is 1110. The first kappa shape index (κ1) is 20.2. The smallest absolute Gasteiger partial charge is 0.256 e. The van der Waals surface area contributed by atoms with Gasteiger partial charge in [-0.3, -0.25) is 19.0 Å². The first-order chi connectivity index (χ1) is 13.9. The zero-order valence-electron chi connectivity index (χ0n) is 16.7. The Morgan fingerprint density at radius 2 is 1.62 bits per heavy atom. The second-order valence-corrected chi connectivity index (χ2v) is 6.95. The molecule has 0 bridgehead atoms. The average Bonchev–Trinajstić information content (AvgIpc) is 2.73. The van der Waals surface area contributed by atoms with Crippen LogP contribution in [-0.4, -0.2) is 27.8 Å². The number of nitrogens with one attached hydrogen (secondary N) is 1. The van der Waals surface area contributed by atoms with Crippen molar-refractivity contribution in [3.63, 3.8) is 0 Å². The summed E-state index contributed by atoms with van der Waals surface area (Å²) < 4.78 is 1.46. The van der Waals surface area contributed by atoms with E-state index in [4.69, 9.17) is 0 Å². The van der Waals surface area contributed by atoms with Crippen LogP contribution in [0.1, 0.15) is 43.1 Å². The van der Waals surface area contributed by atoms with E-state index >= 15 is 0 Å². The van der Waals surface area contributed by atoms with Crippen molar-refractivity contribution in [2.24, 2.45) is 0 Å². The third-order valence-electron chi connectivity index (χ3n) is 4.88. The molecule has 6 heteroatoms. The van der Waals surface area contributed by atoms with Crippen molar-refractivity contribution in [3.8, 4) is 0 Å². The van der Waals surface area contributed by atoms with Gasteiger partial charge < -0.3 is 5.32 Å². The van der Waals surface area contributed by atoms with Crippen LogP contribution in [-0.2, 0) is 6.54 Å². The molecule has 0 saturated heterocycles. The standard InChI is InChI=1S/C23H23N3O3/c1-15-8-10-18(11-9-15)21(27)19-6-4-5-7-20(19)22(28)24-12-13-26-14-25-17(3)16(2)23(26)29/h4-11,14H,12-13H2,1-3H3,(H,24,28). The molecule has 0 aliphatic heterocycles. The van der Waals surface area contributed by atoms with E-state index < -0.39 is 0 Å². The molecule has 0 radical (unpaired) electrons. The van der Waals surface area contributed by atoms with Crippen molar-refractivity contribution in [2.75, 3.05) is 6.54 Å². The van der Waals surface area contributed by atoms with Crippen molar-refractivity contribution >= 4 is 11.7 Å². The Kier molecular flexibility index (Phi) is 6.02. The van der Waals surface area contributed by atoms with Gasteiger partial charge in [0.1, 0.15) is 0 Å². The number of hydrogen-bond donors (Lipinski definition) is 1. The normalized spacial score (nSPS) is 10.6. The zero-order valence-corrected chi connectivity index (χ0v) is 16.7. The molecule has 0 aliphatic rings. The molecule has 3 aromatic rings. The van der Waals surface area contributed by atoms with Gasteiger partial charge in [-0.25, -0.2) is 4.98 Å². The Morgan fingerprint density at radius 3 is 2.31 bits per heavy atom. The van der Waals surface area contributed by atoms with Crippen molar-refractivity contribution in [2.45, 2.75) is 27.3 Å². The number of amides is 1. The molecule has 0 aliphatic carbocycles. The highest BCUT2D eigenvalue weighted by molar-refractivity contribution is 6.15. The Hall–Kier alpha value is -3.54. The Labute approximate surface area is 169 Å². The molecule has 1 heterocycles. The number of aryl methyl sites for hydroxylation is 2. The predicted octanol–water partition coefficient (Wildman–Crippen LogP) is 2.83. The SMILES string of the molecule is Cc1ccc(C(=O)c2ccccc2C(=O)NCCn2cnc(C)c(C)c2=O)cc1. The summed E-state index contributed by atoms with van der Waals surface area (Å²) in [6, 6.07) is 14.0. The highest BCUT2D eigenvalue weighted by Gasteiger charge is 2.17. The van der Waals surface area contributed by atoms with Gasteiger partial charge in [0.15, 0.2) is 5.78 Å². The van der Waals surface area contributed by atoms with Crippen LogP contribution in [0.25, 0.3) is 0 Å². The van der Waals surface area contributed by atoms with Crippen LogP contribution in [0.2, 0.25) is 0 Å². The molecule has 6 nitrogen and oxygen atoms in total. The molecule has 1 N–H and O–H groups in total. The Balaban J connectivity index is 1.73. The molecular weight excluding hydrogens is 366 g/mol. The van der Waals surface area contributed by atoms with Gasteiger partial charge in [0.05, 0.1) is 11.9 Å². The molecule has 0 saturated carbocycles. The molecule has 0 fully saturated rings. The van der Waals surface area contributed by atoms with E-state index in [2.05, 4.69) is 10.3 Å². The predicted molar refractivity (Wildman–Crippen MR) is 111 cm³/mol. The third-order valence-corrected chi connectivity index (χ3v) is 4.88. The zero-order chi connectivity index (χ0) is 21.0. The number of aromatic nitrogens is 2. The van der Waals surface area contributed by atoms with E-state index in [1.807, 2.05) is 19.1 Å². The van der Waals surface area contributed by atoms with Gasteiger partial charge >= 0.3 is 0 Å². The summed E-state index contributed by atoms with van der Waals surface area (Å²) in [5.41, 5.74) is 3.41. The van der Waals surface area contributed by atoms with Crippen molar-refractivity contribution in [1.29, 1.82) is 0 Å². The van der Waals surface area contributed by atoms with E-state index in [0.29, 0.717) is 34.5 Å². The van der Waals surface area contributed by atoms with E-state index in [1.165, 1.54) is 10.9 Å². The van der Waals surface area contributed by atoms with Gasteiger partial charge in [-0.1, -0.05) is 48.0 Å². The van der Waals surface area contributed by atoms with Gasteiger partial charge in [0.25, 0.3) is 11.5 Å². The minimum atomic E-state index is -0.356. The Morgan fingerprint density at radius 1 is 0.966 bits per heavy atom. The fourth-order valence-corrected chi connectivity index (χ4v) is 2.96. The van der Waals surface area contributed by atoms with E-state index in [0.717, 1.165) is 5.56 Å².